The number of aliphatic hydroxyl groups excluding tert-OH is 1. The second-order valence-electron chi connectivity index (χ2n) is 17.5. The van der Waals surface area contributed by atoms with Gasteiger partial charge in [-0.1, -0.05) is 57.8 Å². The second kappa shape index (κ2) is 15.8. The molecule has 282 valence electrons. The van der Waals surface area contributed by atoms with Gasteiger partial charge < -0.3 is 24.8 Å². The molecule has 50 heavy (non-hydrogen) atoms. The number of Topliss-reactive ketones (excluding diaryl/α,β-unsaturated/α-hetero) is 3. The first-order chi connectivity index (χ1) is 23.2. The average Bonchev–Trinajstić information content (AvgIpc) is 3.32. The molecule has 2 bridgehead atoms. The summed E-state index contributed by atoms with van der Waals surface area (Å²) < 4.78 is 12.2. The van der Waals surface area contributed by atoms with E-state index < -0.39 is 58.7 Å². The zero-order valence-electron chi connectivity index (χ0n) is 32.0. The van der Waals surface area contributed by atoms with Gasteiger partial charge in [0.2, 0.25) is 0 Å². The minimum Gasteiger partial charge on any atom is -0.469 e. The van der Waals surface area contributed by atoms with Gasteiger partial charge in [-0.2, -0.15) is 0 Å². The Kier molecular flexibility index (Phi) is 12.8. The summed E-state index contributed by atoms with van der Waals surface area (Å²) in [5, 5.41) is 33.9. The van der Waals surface area contributed by atoms with Crippen LogP contribution in [-0.4, -0.2) is 75.3 Å². The molecule has 4 rings (SSSR count). The predicted octanol–water partition coefficient (Wildman–Crippen LogP) is 6.25. The molecular formula is C41H64O9. The van der Waals surface area contributed by atoms with Crippen molar-refractivity contribution >= 4 is 23.3 Å². The molecule has 4 aliphatic rings. The molecule has 9 nitrogen and oxygen atoms in total. The fraction of sp³-hybridized carbons (Fsp3) is 0.805. The summed E-state index contributed by atoms with van der Waals surface area (Å²) in [5.74, 6) is -3.41. The van der Waals surface area contributed by atoms with Crippen LogP contribution in [0.2, 0.25) is 0 Å². The van der Waals surface area contributed by atoms with Gasteiger partial charge in [-0.05, 0) is 83.6 Å². The number of hydrogen-bond acceptors (Lipinski definition) is 9. The van der Waals surface area contributed by atoms with Crippen molar-refractivity contribution in [3.63, 3.8) is 0 Å². The standard InChI is InChI=1S/C41H64O9/c1-23(2)28-19-30(42)26(5)12-10-11-24(3)18-31(43)37-29-17-25(4)13-14-34(45)39(7,47)16-15-35-40(8,48)22-33(50-35)36(29)27(6)20-41(37,21-32(28)44)38(46)49-9/h17,23-24,26,28-29,33-35,37,45,47-48H,10-16,18-22H2,1-9H3/b25-17+/t24-,26+,28-,29-,33-,34-,35+,37+,39+,40-,41+/m0/s1. The largest absolute Gasteiger partial charge is 0.469 e. The van der Waals surface area contributed by atoms with E-state index in [2.05, 4.69) is 0 Å². The zero-order chi connectivity index (χ0) is 37.3. The van der Waals surface area contributed by atoms with E-state index >= 15 is 0 Å². The van der Waals surface area contributed by atoms with Gasteiger partial charge in [0, 0.05) is 49.4 Å². The first kappa shape index (κ1) is 40.6. The second-order valence-corrected chi connectivity index (χ2v) is 17.5. The number of hydrogen-bond donors (Lipinski definition) is 3. The van der Waals surface area contributed by atoms with Crippen LogP contribution < -0.4 is 0 Å². The van der Waals surface area contributed by atoms with Crippen molar-refractivity contribution in [2.45, 2.75) is 162 Å². The molecule has 1 saturated heterocycles. The molecule has 2 aliphatic heterocycles. The minimum atomic E-state index is -1.51. The third-order valence-electron chi connectivity index (χ3n) is 12.8. The zero-order valence-corrected chi connectivity index (χ0v) is 32.0. The third kappa shape index (κ3) is 8.53. The van der Waals surface area contributed by atoms with Crippen LogP contribution >= 0.6 is 0 Å². The number of carbonyl (C=O) groups excluding carboxylic acids is 4. The highest BCUT2D eigenvalue weighted by Gasteiger charge is 2.59. The molecule has 0 unspecified atom stereocenters. The van der Waals surface area contributed by atoms with E-state index in [1.54, 1.807) is 13.8 Å². The van der Waals surface area contributed by atoms with Crippen molar-refractivity contribution in [2.75, 3.05) is 7.11 Å². The summed E-state index contributed by atoms with van der Waals surface area (Å²) >= 11 is 0. The number of ether oxygens (including phenoxy) is 2. The molecule has 0 amide bonds. The molecular weight excluding hydrogens is 636 g/mol. The van der Waals surface area contributed by atoms with Crippen molar-refractivity contribution in [1.29, 1.82) is 0 Å². The third-order valence-corrected chi connectivity index (χ3v) is 12.8. The van der Waals surface area contributed by atoms with E-state index in [0.29, 0.717) is 19.3 Å². The molecule has 2 heterocycles. The van der Waals surface area contributed by atoms with Crippen LogP contribution in [-0.2, 0) is 28.7 Å². The summed E-state index contributed by atoms with van der Waals surface area (Å²) in [6, 6.07) is 0. The lowest BCUT2D eigenvalue weighted by Gasteiger charge is -2.47. The molecule has 0 radical (unpaired) electrons. The van der Waals surface area contributed by atoms with Crippen LogP contribution in [0, 0.1) is 40.9 Å². The first-order valence-corrected chi connectivity index (χ1v) is 19.1. The van der Waals surface area contributed by atoms with Crippen molar-refractivity contribution in [3.8, 4) is 0 Å². The predicted molar refractivity (Wildman–Crippen MR) is 191 cm³/mol. The monoisotopic (exact) mass is 700 g/mol. The van der Waals surface area contributed by atoms with E-state index in [-0.39, 0.29) is 80.0 Å². The fourth-order valence-corrected chi connectivity index (χ4v) is 9.53. The number of aliphatic hydroxyl groups is 3. The van der Waals surface area contributed by atoms with Crippen LogP contribution in [0.5, 0.6) is 0 Å². The van der Waals surface area contributed by atoms with Crippen LogP contribution in [0.15, 0.2) is 22.8 Å². The molecule has 3 N–H and O–H groups in total. The van der Waals surface area contributed by atoms with Crippen molar-refractivity contribution in [3.05, 3.63) is 22.8 Å². The van der Waals surface area contributed by atoms with E-state index in [0.717, 1.165) is 29.6 Å². The molecule has 9 heteroatoms. The normalized spacial score (nSPS) is 42.7. The van der Waals surface area contributed by atoms with Gasteiger partial charge in [-0.25, -0.2) is 0 Å². The Labute approximate surface area is 299 Å². The number of esters is 1. The highest BCUT2D eigenvalue weighted by molar-refractivity contribution is 5.96. The van der Waals surface area contributed by atoms with Crippen molar-refractivity contribution in [1.82, 2.24) is 0 Å². The van der Waals surface area contributed by atoms with Gasteiger partial charge in [0.25, 0.3) is 0 Å². The van der Waals surface area contributed by atoms with Gasteiger partial charge in [0.05, 0.1) is 42.0 Å². The topological polar surface area (TPSA) is 147 Å². The van der Waals surface area contributed by atoms with E-state index in [1.807, 2.05) is 47.6 Å². The van der Waals surface area contributed by atoms with Gasteiger partial charge >= 0.3 is 5.97 Å². The Morgan fingerprint density at radius 1 is 0.940 bits per heavy atom. The quantitative estimate of drug-likeness (QED) is 0.225. The smallest absolute Gasteiger partial charge is 0.313 e. The lowest BCUT2D eigenvalue weighted by atomic mass is 9.54. The number of rotatable bonds is 2. The molecule has 0 aromatic carbocycles. The number of ketones is 3. The summed E-state index contributed by atoms with van der Waals surface area (Å²) in [4.78, 5) is 57.3. The first-order valence-electron chi connectivity index (χ1n) is 19.1. The van der Waals surface area contributed by atoms with E-state index in [4.69, 9.17) is 9.47 Å². The summed E-state index contributed by atoms with van der Waals surface area (Å²) in [6.07, 6.45) is 3.76. The SMILES string of the molecule is COC(=O)[C@]12CC(=O)[C@H](C(C)C)CC(=O)[C@H](C)CCC[C@H](C)CC(=O)[C@H]1[C@H]1/C=C(\C)CC[C@H](O)[C@](C)(O)CC[C@H]3O[C@@H](C[C@]3(C)O)C1=C(C)C2. The van der Waals surface area contributed by atoms with E-state index in [9.17, 15) is 34.5 Å². The molecule has 11 atom stereocenters. The highest BCUT2D eigenvalue weighted by Crippen LogP contribution is 2.56. The maximum absolute atomic E-state index is 15.0. The van der Waals surface area contributed by atoms with Gasteiger partial charge in [-0.15, -0.1) is 0 Å². The summed E-state index contributed by atoms with van der Waals surface area (Å²) in [7, 11) is 1.30. The maximum Gasteiger partial charge on any atom is 0.313 e. The fourth-order valence-electron chi connectivity index (χ4n) is 9.53. The number of fused-ring (bicyclic) bond motifs is 6. The molecule has 1 saturated carbocycles. The Bertz CT molecular complexity index is 1360. The van der Waals surface area contributed by atoms with Crippen molar-refractivity contribution in [2.24, 2.45) is 40.9 Å². The minimum absolute atomic E-state index is 0.0114. The summed E-state index contributed by atoms with van der Waals surface area (Å²) in [6.45, 7) is 15.0. The number of methoxy groups -OCH3 is 1. The Morgan fingerprint density at radius 2 is 1.62 bits per heavy atom. The molecule has 0 aromatic rings. The Balaban J connectivity index is 1.97. The molecule has 0 aromatic heterocycles. The van der Waals surface area contributed by atoms with Crippen LogP contribution in [0.25, 0.3) is 0 Å². The van der Waals surface area contributed by atoms with Gasteiger partial charge in [0.15, 0.2) is 0 Å². The van der Waals surface area contributed by atoms with Crippen LogP contribution in [0.4, 0.5) is 0 Å². The van der Waals surface area contributed by atoms with E-state index in [1.165, 1.54) is 7.11 Å². The van der Waals surface area contributed by atoms with Gasteiger partial charge in [-0.3, -0.25) is 19.2 Å². The molecule has 2 fully saturated rings. The van der Waals surface area contributed by atoms with Gasteiger partial charge in [0.1, 0.15) is 17.3 Å². The number of carbonyl (C=O) groups is 4. The highest BCUT2D eigenvalue weighted by atomic mass is 16.5. The summed E-state index contributed by atoms with van der Waals surface area (Å²) in [5.41, 5.74) is -1.59. The maximum atomic E-state index is 15.0. The van der Waals surface area contributed by atoms with Crippen molar-refractivity contribution < 1.29 is 44.0 Å². The number of allylic oxidation sites excluding steroid dienone is 3. The lowest BCUT2D eigenvalue weighted by Crippen LogP contribution is -2.53. The van der Waals surface area contributed by atoms with Crippen LogP contribution in [0.1, 0.15) is 132 Å². The molecule has 2 aliphatic carbocycles. The Morgan fingerprint density at radius 3 is 2.26 bits per heavy atom. The molecule has 0 spiro atoms. The Hall–Kier alpha value is -2.20. The van der Waals surface area contributed by atoms with Crippen LogP contribution in [0.3, 0.4) is 0 Å². The lowest BCUT2D eigenvalue weighted by molar-refractivity contribution is -0.165. The average molecular weight is 701 g/mol.